The standard InChI is InChI=1S/C24H30N4O7/c1-14(29)21(24(34)35)28-23(33)19(12-16-7-9-17(30)10-8-16)27-20(31)13-26-22(32)18(25)11-15-5-3-2-4-6-15/h2-10,14,18-19,21,29-30H,11-13,25H2,1H3,(H,26,32)(H,27,31)(H,28,33)(H,34,35)/t14-,18+,19+,21+/m1/s1. The van der Waals surface area contributed by atoms with Crippen LogP contribution in [0, 0.1) is 0 Å². The summed E-state index contributed by atoms with van der Waals surface area (Å²) >= 11 is 0. The molecular formula is C24H30N4O7. The number of aliphatic hydroxyl groups is 1. The highest BCUT2D eigenvalue weighted by molar-refractivity contribution is 5.92. The second kappa shape index (κ2) is 13.1. The van der Waals surface area contributed by atoms with Gasteiger partial charge in [-0.1, -0.05) is 42.5 Å². The number of carboxylic acid groups (broad SMARTS) is 1. The molecule has 0 aliphatic heterocycles. The first-order valence-electron chi connectivity index (χ1n) is 10.9. The smallest absolute Gasteiger partial charge is 0.328 e. The van der Waals surface area contributed by atoms with Gasteiger partial charge in [0, 0.05) is 6.42 Å². The Morgan fingerprint density at radius 2 is 1.49 bits per heavy atom. The molecule has 11 nitrogen and oxygen atoms in total. The maximum atomic E-state index is 12.8. The van der Waals surface area contributed by atoms with Crippen LogP contribution in [0.15, 0.2) is 54.6 Å². The van der Waals surface area contributed by atoms with Crippen molar-refractivity contribution in [2.45, 2.75) is 44.0 Å². The summed E-state index contributed by atoms with van der Waals surface area (Å²) in [6.07, 6.45) is -1.14. The zero-order chi connectivity index (χ0) is 26.0. The number of nitrogens with two attached hydrogens (primary N) is 1. The number of aliphatic carboxylic acids is 1. The van der Waals surface area contributed by atoms with Gasteiger partial charge in [-0.25, -0.2) is 4.79 Å². The summed E-state index contributed by atoms with van der Waals surface area (Å²) in [5, 5.41) is 35.4. The molecule has 3 amide bonds. The number of phenolic OH excluding ortho intramolecular Hbond substituents is 1. The number of nitrogens with one attached hydrogen (secondary N) is 3. The van der Waals surface area contributed by atoms with Crippen LogP contribution < -0.4 is 21.7 Å². The first-order chi connectivity index (χ1) is 16.6. The lowest BCUT2D eigenvalue weighted by Crippen LogP contribution is -2.56. The molecular weight excluding hydrogens is 456 g/mol. The van der Waals surface area contributed by atoms with Gasteiger partial charge in [0.2, 0.25) is 17.7 Å². The number of benzene rings is 2. The van der Waals surface area contributed by atoms with E-state index in [1.807, 2.05) is 30.3 Å². The third-order valence-corrected chi connectivity index (χ3v) is 5.13. The molecule has 0 fully saturated rings. The molecule has 11 heteroatoms. The van der Waals surface area contributed by atoms with Crippen LogP contribution in [0.2, 0.25) is 0 Å². The van der Waals surface area contributed by atoms with E-state index in [9.17, 15) is 34.5 Å². The van der Waals surface area contributed by atoms with Gasteiger partial charge in [0.25, 0.3) is 0 Å². The van der Waals surface area contributed by atoms with Crippen LogP contribution >= 0.6 is 0 Å². The Bertz CT molecular complexity index is 1010. The Hall–Kier alpha value is -3.96. The first kappa shape index (κ1) is 27.3. The van der Waals surface area contributed by atoms with Crippen molar-refractivity contribution in [3.8, 4) is 5.75 Å². The molecule has 2 aromatic carbocycles. The molecule has 0 radical (unpaired) electrons. The number of phenols is 1. The second-order valence-electron chi connectivity index (χ2n) is 8.07. The third kappa shape index (κ3) is 9.07. The zero-order valence-corrected chi connectivity index (χ0v) is 19.2. The van der Waals surface area contributed by atoms with Gasteiger partial charge in [-0.2, -0.15) is 0 Å². The van der Waals surface area contributed by atoms with E-state index in [1.54, 1.807) is 0 Å². The molecule has 0 aliphatic rings. The Kier molecular flexibility index (Phi) is 10.2. The number of hydrogen-bond donors (Lipinski definition) is 7. The molecule has 2 rings (SSSR count). The van der Waals surface area contributed by atoms with Crippen molar-refractivity contribution in [1.82, 2.24) is 16.0 Å². The predicted molar refractivity (Wildman–Crippen MR) is 126 cm³/mol. The number of carboxylic acids is 1. The Labute approximate surface area is 202 Å². The molecule has 0 bridgehead atoms. The van der Waals surface area contributed by atoms with E-state index in [1.165, 1.54) is 31.2 Å². The summed E-state index contributed by atoms with van der Waals surface area (Å²) in [7, 11) is 0. The van der Waals surface area contributed by atoms with Crippen molar-refractivity contribution >= 4 is 23.7 Å². The van der Waals surface area contributed by atoms with E-state index in [4.69, 9.17) is 5.73 Å². The van der Waals surface area contributed by atoms with Crippen LogP contribution in [0.5, 0.6) is 5.75 Å². The number of rotatable bonds is 12. The molecule has 8 N–H and O–H groups in total. The number of carbonyl (C=O) groups excluding carboxylic acids is 3. The summed E-state index contributed by atoms with van der Waals surface area (Å²) in [6, 6.07) is 11.3. The van der Waals surface area contributed by atoms with Gasteiger partial charge in [-0.3, -0.25) is 14.4 Å². The summed E-state index contributed by atoms with van der Waals surface area (Å²) in [6.45, 7) is 0.750. The molecule has 0 heterocycles. The highest BCUT2D eigenvalue weighted by Gasteiger charge is 2.29. The van der Waals surface area contributed by atoms with Crippen molar-refractivity contribution in [2.75, 3.05) is 6.54 Å². The van der Waals surface area contributed by atoms with Gasteiger partial charge >= 0.3 is 5.97 Å². The van der Waals surface area contributed by atoms with E-state index in [0.29, 0.717) is 5.56 Å². The second-order valence-corrected chi connectivity index (χ2v) is 8.07. The van der Waals surface area contributed by atoms with Crippen molar-refractivity contribution in [2.24, 2.45) is 5.73 Å². The fraction of sp³-hybridized carbons (Fsp3) is 0.333. The summed E-state index contributed by atoms with van der Waals surface area (Å²) in [4.78, 5) is 48.9. The molecule has 4 atom stereocenters. The average molecular weight is 487 g/mol. The highest BCUT2D eigenvalue weighted by Crippen LogP contribution is 2.12. The molecule has 0 spiro atoms. The van der Waals surface area contributed by atoms with E-state index in [0.717, 1.165) is 5.56 Å². The van der Waals surface area contributed by atoms with Gasteiger partial charge in [0.1, 0.15) is 11.8 Å². The molecule has 0 unspecified atom stereocenters. The van der Waals surface area contributed by atoms with Gasteiger partial charge in [0.05, 0.1) is 18.7 Å². The van der Waals surface area contributed by atoms with Crippen LogP contribution in [0.4, 0.5) is 0 Å². The minimum Gasteiger partial charge on any atom is -0.508 e. The van der Waals surface area contributed by atoms with Gasteiger partial charge in [-0.05, 0) is 36.6 Å². The zero-order valence-electron chi connectivity index (χ0n) is 19.2. The topological polar surface area (TPSA) is 191 Å². The molecule has 2 aromatic rings. The van der Waals surface area contributed by atoms with E-state index < -0.39 is 54.5 Å². The molecule has 0 saturated carbocycles. The van der Waals surface area contributed by atoms with Crippen LogP contribution in [-0.2, 0) is 32.0 Å². The van der Waals surface area contributed by atoms with Crippen molar-refractivity contribution < 1.29 is 34.5 Å². The SMILES string of the molecule is C[C@@H](O)[C@H](NC(=O)[C@H](Cc1ccc(O)cc1)NC(=O)CNC(=O)[C@@H](N)Cc1ccccc1)C(=O)O. The molecule has 0 saturated heterocycles. The fourth-order valence-corrected chi connectivity index (χ4v) is 3.22. The van der Waals surface area contributed by atoms with Gasteiger partial charge in [-0.15, -0.1) is 0 Å². The normalized spacial score (nSPS) is 14.1. The Morgan fingerprint density at radius 1 is 0.886 bits per heavy atom. The van der Waals surface area contributed by atoms with Crippen LogP contribution in [0.3, 0.4) is 0 Å². The minimum absolute atomic E-state index is 0.00777. The molecule has 0 aromatic heterocycles. The fourth-order valence-electron chi connectivity index (χ4n) is 3.22. The Balaban J connectivity index is 2.01. The largest absolute Gasteiger partial charge is 0.508 e. The van der Waals surface area contributed by atoms with Crippen LogP contribution in [0.25, 0.3) is 0 Å². The van der Waals surface area contributed by atoms with Gasteiger partial charge in [0.15, 0.2) is 6.04 Å². The maximum Gasteiger partial charge on any atom is 0.328 e. The number of hydrogen-bond acceptors (Lipinski definition) is 7. The molecule has 188 valence electrons. The van der Waals surface area contributed by atoms with Crippen LogP contribution in [0.1, 0.15) is 18.1 Å². The van der Waals surface area contributed by atoms with E-state index in [-0.39, 0.29) is 18.6 Å². The molecule has 0 aliphatic carbocycles. The van der Waals surface area contributed by atoms with E-state index in [2.05, 4.69) is 16.0 Å². The molecule has 35 heavy (non-hydrogen) atoms. The lowest BCUT2D eigenvalue weighted by atomic mass is 10.0. The monoisotopic (exact) mass is 486 g/mol. The third-order valence-electron chi connectivity index (χ3n) is 5.13. The maximum absolute atomic E-state index is 12.8. The number of aromatic hydroxyl groups is 1. The first-order valence-corrected chi connectivity index (χ1v) is 10.9. The lowest BCUT2D eigenvalue weighted by molar-refractivity contribution is -0.145. The number of carbonyl (C=O) groups is 4. The summed E-state index contributed by atoms with van der Waals surface area (Å²) in [5.74, 6) is -3.53. The minimum atomic E-state index is -1.59. The average Bonchev–Trinajstić information content (AvgIpc) is 2.81. The summed E-state index contributed by atoms with van der Waals surface area (Å²) in [5.41, 5.74) is 7.33. The van der Waals surface area contributed by atoms with Gasteiger partial charge < -0.3 is 37.0 Å². The van der Waals surface area contributed by atoms with Crippen molar-refractivity contribution in [1.29, 1.82) is 0 Å². The lowest BCUT2D eigenvalue weighted by Gasteiger charge is -2.23. The van der Waals surface area contributed by atoms with Crippen LogP contribution in [-0.4, -0.2) is 69.8 Å². The predicted octanol–water partition coefficient (Wildman–Crippen LogP) is -0.944. The van der Waals surface area contributed by atoms with E-state index >= 15 is 0 Å². The summed E-state index contributed by atoms with van der Waals surface area (Å²) < 4.78 is 0. The highest BCUT2D eigenvalue weighted by atomic mass is 16.4. The number of amides is 3. The Morgan fingerprint density at radius 3 is 2.06 bits per heavy atom. The quantitative estimate of drug-likeness (QED) is 0.200. The van der Waals surface area contributed by atoms with Crippen molar-refractivity contribution in [3.05, 3.63) is 65.7 Å². The van der Waals surface area contributed by atoms with Crippen molar-refractivity contribution in [3.63, 3.8) is 0 Å². The number of aliphatic hydroxyl groups excluding tert-OH is 1.